The Morgan fingerprint density at radius 2 is 1.32 bits per heavy atom. The number of carbonyl (C=O) groups is 6. The van der Waals surface area contributed by atoms with Crippen molar-refractivity contribution >= 4 is 79.8 Å². The lowest BCUT2D eigenvalue weighted by Gasteiger charge is -2.26. The number of carbonyl (C=O) groups excluding carboxylic acids is 6. The fourth-order valence-electron chi connectivity index (χ4n) is 14.0. The number of unbranched alkanes of at least 4 members (excludes halogenated alkanes) is 2. The fourth-order valence-corrected chi connectivity index (χ4v) is 15.7. The number of allylic oxidation sites excluding steroid dienone is 2. The summed E-state index contributed by atoms with van der Waals surface area (Å²) in [5, 5.41) is 15.3. The Morgan fingerprint density at radius 1 is 0.740 bits per heavy atom. The Labute approximate surface area is 569 Å². The number of hydrogen-bond acceptors (Lipinski definition) is 18. The van der Waals surface area contributed by atoms with Crippen LogP contribution in [0.4, 0.5) is 0 Å². The third-order valence-electron chi connectivity index (χ3n) is 20.1. The van der Waals surface area contributed by atoms with Crippen molar-refractivity contribution in [3.8, 4) is 44.7 Å². The molecule has 0 bridgehead atoms. The van der Waals surface area contributed by atoms with Crippen molar-refractivity contribution in [1.82, 2.24) is 40.4 Å². The van der Waals surface area contributed by atoms with E-state index >= 15 is 0 Å². The molecule has 20 nitrogen and oxygen atoms in total. The number of amides is 4. The van der Waals surface area contributed by atoms with Crippen molar-refractivity contribution < 1.29 is 57.2 Å². The number of rotatable bonds is 23. The number of hydrogen-bond donors (Lipinski definition) is 2. The SMILES string of the molecule is C=CCCCCN(C)C(=O)[C@@H]1C[C@H](Oc2nc(-c3nc(C4CC4)cs3)cc3cc(OC)ccc23)C[C@H]1C(=O)N[C@]1(C(=O)OCC)C[C@H]1C=C.CCOC(=O)[C@@]12C[C@H]1/C=C\CCCCN(C)C(=O)[C@@H]1C[C@H](Oc3nc(-c4nc(C5CC5)cs4)cc4cc(OC)ccc34)C[C@H]1C(=O)N2. The summed E-state index contributed by atoms with van der Waals surface area (Å²) < 4.78 is 35.1. The molecule has 0 spiro atoms. The van der Waals surface area contributed by atoms with Gasteiger partial charge in [0.25, 0.3) is 0 Å². The highest BCUT2D eigenvalue weighted by molar-refractivity contribution is 7.13. The lowest BCUT2D eigenvalue weighted by atomic mass is 9.93. The highest BCUT2D eigenvalue weighted by Gasteiger charge is 2.63. The molecule has 6 fully saturated rings. The molecule has 0 saturated heterocycles. The molecular formula is C74H88N8O12S2. The molecular weight excluding hydrogens is 1260 g/mol. The number of ether oxygens (including phenoxy) is 6. The predicted octanol–water partition coefficient (Wildman–Crippen LogP) is 12.1. The molecule has 6 saturated carbocycles. The van der Waals surface area contributed by atoms with E-state index in [4.69, 9.17) is 48.4 Å². The van der Waals surface area contributed by atoms with Crippen LogP contribution in [0.3, 0.4) is 0 Å². The van der Waals surface area contributed by atoms with Gasteiger partial charge in [-0.25, -0.2) is 29.5 Å². The Hall–Kier alpha value is -8.24. The van der Waals surface area contributed by atoms with Crippen molar-refractivity contribution in [2.24, 2.45) is 35.5 Å². The second-order valence-corrected chi connectivity index (χ2v) is 28.5. The van der Waals surface area contributed by atoms with E-state index in [1.807, 2.05) is 60.7 Å². The van der Waals surface area contributed by atoms with Crippen molar-refractivity contribution in [3.63, 3.8) is 0 Å². The first-order valence-electron chi connectivity index (χ1n) is 34.1. The van der Waals surface area contributed by atoms with Crippen LogP contribution < -0.4 is 29.6 Å². The number of nitrogens with one attached hydrogen (secondary N) is 2. The Morgan fingerprint density at radius 3 is 1.89 bits per heavy atom. The Balaban J connectivity index is 0.000000184. The van der Waals surface area contributed by atoms with Gasteiger partial charge in [-0.1, -0.05) is 24.3 Å². The summed E-state index contributed by atoms with van der Waals surface area (Å²) in [5.41, 5.74) is 1.38. The molecule has 1 aliphatic heterocycles. The third kappa shape index (κ3) is 14.7. The molecule has 10 atom stereocenters. The van der Waals surface area contributed by atoms with Gasteiger partial charge in [0.05, 0.1) is 62.5 Å². The minimum Gasteiger partial charge on any atom is -0.497 e. The van der Waals surface area contributed by atoms with Gasteiger partial charge in [-0.3, -0.25) is 19.2 Å². The Kier molecular flexibility index (Phi) is 20.6. The van der Waals surface area contributed by atoms with Crippen LogP contribution in [0.1, 0.15) is 140 Å². The van der Waals surface area contributed by atoms with E-state index in [9.17, 15) is 28.8 Å². The quantitative estimate of drug-likeness (QED) is 0.0344. The zero-order valence-electron chi connectivity index (χ0n) is 55.8. The van der Waals surface area contributed by atoms with E-state index in [1.54, 1.807) is 80.7 Å². The number of aromatic nitrogens is 4. The minimum absolute atomic E-state index is 0.0759. The van der Waals surface area contributed by atoms with Gasteiger partial charge >= 0.3 is 11.9 Å². The number of nitrogens with zero attached hydrogens (tertiary/aromatic N) is 6. The molecule has 2 aromatic carbocycles. The summed E-state index contributed by atoms with van der Waals surface area (Å²) in [7, 11) is 6.85. The van der Waals surface area contributed by atoms with Gasteiger partial charge in [-0.15, -0.1) is 35.8 Å². The van der Waals surface area contributed by atoms with Crippen molar-refractivity contribution in [1.29, 1.82) is 0 Å². The van der Waals surface area contributed by atoms with Crippen LogP contribution in [0.2, 0.25) is 0 Å². The molecule has 6 aliphatic carbocycles. The molecule has 6 aromatic rings. The molecule has 7 aliphatic rings. The van der Waals surface area contributed by atoms with E-state index < -0.39 is 58.9 Å². The standard InChI is InChI=1S/C38H46N4O6S.C36H42N4O6S/c1-6-9-10-11-16-42(4)36(44)30-20-27(19-29(30)33(43)41-38(21-25(38)7-2)37(45)47-8-3)48-34-28-15-14-26(46-5)17-24(28)18-31(39-34)35-40-32(22-49-35)23-12-13-23;1-4-45-35(43)36-19-23(36)9-7-5-6-8-14-40(2)34(42)28-18-25(17-27(28)31(41)39-36)46-32-26-13-12-24(44-3)15-22(26)16-29(37-32)33-38-30(20-47-33)21-10-11-21/h6-7,14-15,17-18,22-23,25,27,29-30H,1-2,8-13,16,19-21H2,3-5H3,(H,41,43);7,9,12-13,15-16,20-21,23,25,27-28H,4-6,8,10-11,14,17-19H2,1-3H3,(H,39,41)/b;9-7-/t25-,27-,29-,30-,38-;23-,25-,27-,28-,36-/m11/s1. The summed E-state index contributed by atoms with van der Waals surface area (Å²) in [4.78, 5) is 105. The van der Waals surface area contributed by atoms with Crippen LogP contribution in [-0.2, 0) is 38.2 Å². The van der Waals surface area contributed by atoms with E-state index in [0.29, 0.717) is 85.9 Å². The first kappa shape index (κ1) is 67.7. The maximum Gasteiger partial charge on any atom is 0.332 e. The number of esters is 2. The highest BCUT2D eigenvalue weighted by atomic mass is 32.1. The number of methoxy groups -OCH3 is 2. The van der Waals surface area contributed by atoms with Crippen LogP contribution in [0, 0.1) is 35.5 Å². The minimum atomic E-state index is -1.16. The van der Waals surface area contributed by atoms with Crippen LogP contribution >= 0.6 is 22.7 Å². The summed E-state index contributed by atoms with van der Waals surface area (Å²) in [5.74, 6) is -1.34. The molecule has 4 amide bonds. The van der Waals surface area contributed by atoms with Gasteiger partial charge in [-0.05, 0) is 176 Å². The zero-order valence-corrected chi connectivity index (χ0v) is 57.4. The Bertz CT molecular complexity index is 3960. The third-order valence-corrected chi connectivity index (χ3v) is 21.8. The van der Waals surface area contributed by atoms with Gasteiger partial charge in [0.15, 0.2) is 0 Å². The van der Waals surface area contributed by atoms with Gasteiger partial charge in [-0.2, -0.15) is 0 Å². The monoisotopic (exact) mass is 1340 g/mol. The van der Waals surface area contributed by atoms with E-state index in [2.05, 4.69) is 40.6 Å². The summed E-state index contributed by atoms with van der Waals surface area (Å²) in [6, 6.07) is 15.5. The second-order valence-electron chi connectivity index (χ2n) is 26.8. The lowest BCUT2D eigenvalue weighted by molar-refractivity contribution is -0.150. The second kappa shape index (κ2) is 29.2. The number of thiazole rings is 2. The molecule has 96 heavy (non-hydrogen) atoms. The summed E-state index contributed by atoms with van der Waals surface area (Å²) in [6.45, 7) is 12.7. The summed E-state index contributed by atoms with van der Waals surface area (Å²) in [6.07, 6.45) is 18.9. The fraction of sp³-hybridized carbons (Fsp3) is 0.514. The molecule has 2 N–H and O–H groups in total. The molecule has 4 aromatic heterocycles. The topological polar surface area (TPSA) is 240 Å². The largest absolute Gasteiger partial charge is 0.497 e. The van der Waals surface area contributed by atoms with Gasteiger partial charge in [0.2, 0.25) is 35.4 Å². The first-order chi connectivity index (χ1) is 46.5. The smallest absolute Gasteiger partial charge is 0.332 e. The molecule has 0 unspecified atom stereocenters. The molecule has 5 heterocycles. The number of fused-ring (bicyclic) bond motifs is 4. The van der Waals surface area contributed by atoms with Gasteiger partial charge in [0.1, 0.15) is 56.2 Å². The molecule has 22 heteroatoms. The lowest BCUT2D eigenvalue weighted by Crippen LogP contribution is -2.50. The first-order valence-corrected chi connectivity index (χ1v) is 35.9. The summed E-state index contributed by atoms with van der Waals surface area (Å²) >= 11 is 3.14. The predicted molar refractivity (Wildman–Crippen MR) is 368 cm³/mol. The normalized spacial score (nSPS) is 26.3. The van der Waals surface area contributed by atoms with Gasteiger partial charge < -0.3 is 48.9 Å². The maximum absolute atomic E-state index is 14.1. The van der Waals surface area contributed by atoms with E-state index in [-0.39, 0.29) is 55.1 Å². The van der Waals surface area contributed by atoms with Crippen LogP contribution in [0.15, 0.2) is 96.8 Å². The number of benzene rings is 2. The van der Waals surface area contributed by atoms with Crippen molar-refractivity contribution in [3.05, 3.63) is 108 Å². The molecule has 0 radical (unpaired) electrons. The van der Waals surface area contributed by atoms with Crippen LogP contribution in [-0.4, -0.2) is 143 Å². The van der Waals surface area contributed by atoms with Crippen molar-refractivity contribution in [2.45, 2.75) is 152 Å². The van der Waals surface area contributed by atoms with E-state index in [1.165, 1.54) is 12.8 Å². The molecule has 13 rings (SSSR count). The molecule has 508 valence electrons. The average Bonchev–Trinajstić information content (AvgIpc) is 1.58. The highest BCUT2D eigenvalue weighted by Crippen LogP contribution is 2.50. The van der Waals surface area contributed by atoms with Crippen LogP contribution in [0.5, 0.6) is 23.3 Å². The average molecular weight is 1350 g/mol. The van der Waals surface area contributed by atoms with E-state index in [0.717, 1.165) is 100 Å². The zero-order chi connectivity index (χ0) is 67.4. The van der Waals surface area contributed by atoms with Crippen LogP contribution in [0.25, 0.3) is 42.9 Å². The van der Waals surface area contributed by atoms with Crippen molar-refractivity contribution in [2.75, 3.05) is 54.6 Å². The number of pyridine rings is 2. The maximum atomic E-state index is 14.1. The van der Waals surface area contributed by atoms with Gasteiger partial charge in [0, 0.05) is 72.4 Å².